The maximum absolute atomic E-state index is 12.2. The molecule has 116 valence electrons. The molecule has 0 atom stereocenters. The highest BCUT2D eigenvalue weighted by molar-refractivity contribution is 5.93. The highest BCUT2D eigenvalue weighted by Crippen LogP contribution is 2.10. The first-order chi connectivity index (χ1) is 9.97. The van der Waals surface area contributed by atoms with Gasteiger partial charge in [0.15, 0.2) is 0 Å². The zero-order chi connectivity index (χ0) is 15.8. The van der Waals surface area contributed by atoms with Crippen molar-refractivity contribution in [2.45, 2.75) is 33.7 Å². The first kappa shape index (κ1) is 16.9. The van der Waals surface area contributed by atoms with Gasteiger partial charge in [0.1, 0.15) is 5.69 Å². The van der Waals surface area contributed by atoms with Gasteiger partial charge >= 0.3 is 0 Å². The third kappa shape index (κ3) is 5.41. The smallest absolute Gasteiger partial charge is 0.272 e. The first-order valence-corrected chi connectivity index (χ1v) is 7.26. The quantitative estimate of drug-likeness (QED) is 0.798. The maximum Gasteiger partial charge on any atom is 0.272 e. The van der Waals surface area contributed by atoms with E-state index in [9.17, 15) is 9.59 Å². The Hall–Kier alpha value is -2.11. The summed E-state index contributed by atoms with van der Waals surface area (Å²) in [7, 11) is 0. The van der Waals surface area contributed by atoms with Crippen molar-refractivity contribution in [2.24, 2.45) is 0 Å². The third-order valence-corrected chi connectivity index (χ3v) is 2.93. The molecule has 0 radical (unpaired) electrons. The maximum atomic E-state index is 12.2. The predicted molar refractivity (Wildman–Crippen MR) is 83.3 cm³/mol. The molecule has 0 spiro atoms. The fourth-order valence-corrected chi connectivity index (χ4v) is 1.89. The predicted octanol–water partition coefficient (Wildman–Crippen LogP) is 1.50. The second kappa shape index (κ2) is 8.24. The van der Waals surface area contributed by atoms with E-state index in [2.05, 4.69) is 15.6 Å². The zero-order valence-electron chi connectivity index (χ0n) is 13.1. The lowest BCUT2D eigenvalue weighted by Crippen LogP contribution is -2.35. The Bertz CT molecular complexity index is 484. The number of carbonyl (C=O) groups is 2. The van der Waals surface area contributed by atoms with Crippen LogP contribution < -0.4 is 10.6 Å². The summed E-state index contributed by atoms with van der Waals surface area (Å²) in [5.74, 6) is -0.186. The van der Waals surface area contributed by atoms with Crippen LogP contribution in [0.15, 0.2) is 18.3 Å². The van der Waals surface area contributed by atoms with Gasteiger partial charge in [-0.15, -0.1) is 0 Å². The van der Waals surface area contributed by atoms with Crippen LogP contribution in [0.1, 0.15) is 38.2 Å². The van der Waals surface area contributed by atoms with Crippen LogP contribution in [0, 0.1) is 0 Å². The molecule has 0 aliphatic heterocycles. The Morgan fingerprint density at radius 1 is 1.29 bits per heavy atom. The Morgan fingerprint density at radius 3 is 2.52 bits per heavy atom. The molecule has 6 heteroatoms. The van der Waals surface area contributed by atoms with Crippen molar-refractivity contribution in [2.75, 3.05) is 25.0 Å². The van der Waals surface area contributed by atoms with E-state index in [4.69, 9.17) is 0 Å². The van der Waals surface area contributed by atoms with E-state index >= 15 is 0 Å². The average molecular weight is 292 g/mol. The zero-order valence-corrected chi connectivity index (χ0v) is 13.1. The summed E-state index contributed by atoms with van der Waals surface area (Å²) < 4.78 is 0. The van der Waals surface area contributed by atoms with Crippen molar-refractivity contribution >= 4 is 17.5 Å². The van der Waals surface area contributed by atoms with Gasteiger partial charge in [-0.1, -0.05) is 0 Å². The molecule has 21 heavy (non-hydrogen) atoms. The molecule has 1 rings (SSSR count). The van der Waals surface area contributed by atoms with Gasteiger partial charge in [0.25, 0.3) is 5.91 Å². The lowest BCUT2D eigenvalue weighted by Gasteiger charge is -2.18. The number of pyridine rings is 1. The number of nitrogens with one attached hydrogen (secondary N) is 2. The molecule has 1 aromatic rings. The van der Waals surface area contributed by atoms with Crippen LogP contribution in [-0.2, 0) is 4.79 Å². The van der Waals surface area contributed by atoms with Crippen LogP contribution in [0.4, 0.5) is 5.69 Å². The number of anilines is 1. The Labute approximate surface area is 125 Å². The summed E-state index contributed by atoms with van der Waals surface area (Å²) >= 11 is 0. The van der Waals surface area contributed by atoms with E-state index in [1.807, 2.05) is 27.7 Å². The third-order valence-electron chi connectivity index (χ3n) is 2.93. The molecular weight excluding hydrogens is 268 g/mol. The summed E-state index contributed by atoms with van der Waals surface area (Å²) in [4.78, 5) is 29.6. The molecule has 0 aliphatic rings. The topological polar surface area (TPSA) is 74.3 Å². The molecule has 0 bridgehead atoms. The van der Waals surface area contributed by atoms with Crippen molar-refractivity contribution in [1.82, 2.24) is 15.2 Å². The first-order valence-electron chi connectivity index (χ1n) is 7.26. The second-order valence-corrected chi connectivity index (χ2v) is 4.98. The summed E-state index contributed by atoms with van der Waals surface area (Å²) in [5, 5.41) is 5.79. The van der Waals surface area contributed by atoms with Gasteiger partial charge in [0.2, 0.25) is 5.91 Å². The normalized spacial score (nSPS) is 10.3. The van der Waals surface area contributed by atoms with E-state index in [0.717, 1.165) is 0 Å². The minimum Gasteiger partial charge on any atom is -0.376 e. The number of hydrogen-bond donors (Lipinski definition) is 2. The summed E-state index contributed by atoms with van der Waals surface area (Å²) in [6.45, 7) is 9.13. The molecule has 2 amide bonds. The van der Waals surface area contributed by atoms with E-state index in [1.54, 1.807) is 23.2 Å². The van der Waals surface area contributed by atoms with E-state index in [-0.39, 0.29) is 24.4 Å². The number of rotatable bonds is 7. The molecule has 0 aromatic carbocycles. The lowest BCUT2D eigenvalue weighted by molar-refractivity contribution is -0.119. The van der Waals surface area contributed by atoms with Crippen molar-refractivity contribution in [3.8, 4) is 0 Å². The van der Waals surface area contributed by atoms with Gasteiger partial charge < -0.3 is 15.5 Å². The number of amides is 2. The van der Waals surface area contributed by atoms with Gasteiger partial charge in [0, 0.05) is 31.0 Å². The van der Waals surface area contributed by atoms with Gasteiger partial charge in [-0.05, 0) is 39.8 Å². The van der Waals surface area contributed by atoms with Crippen LogP contribution in [0.3, 0.4) is 0 Å². The van der Waals surface area contributed by atoms with Crippen LogP contribution in [0.25, 0.3) is 0 Å². The molecule has 2 N–H and O–H groups in total. The highest BCUT2D eigenvalue weighted by atomic mass is 16.2. The molecule has 0 unspecified atom stereocenters. The van der Waals surface area contributed by atoms with E-state index < -0.39 is 0 Å². The molecule has 0 saturated carbocycles. The molecule has 1 heterocycles. The molecule has 6 nitrogen and oxygen atoms in total. The average Bonchev–Trinajstić information content (AvgIpc) is 2.46. The molecular formula is C15H24N4O2. The molecule has 0 saturated heterocycles. The number of aromatic nitrogens is 1. The molecule has 0 fully saturated rings. The van der Waals surface area contributed by atoms with Gasteiger partial charge in [-0.2, -0.15) is 0 Å². The van der Waals surface area contributed by atoms with Crippen molar-refractivity contribution in [3.05, 3.63) is 24.0 Å². The van der Waals surface area contributed by atoms with Gasteiger partial charge in [-0.25, -0.2) is 0 Å². The Morgan fingerprint density at radius 2 is 1.95 bits per heavy atom. The number of hydrogen-bond acceptors (Lipinski definition) is 4. The monoisotopic (exact) mass is 292 g/mol. The van der Waals surface area contributed by atoms with E-state index in [1.165, 1.54) is 0 Å². The largest absolute Gasteiger partial charge is 0.376 e. The fraction of sp³-hybridized carbons (Fsp3) is 0.533. The Kier molecular flexibility index (Phi) is 6.65. The number of carbonyl (C=O) groups excluding carboxylic acids is 2. The van der Waals surface area contributed by atoms with Crippen molar-refractivity contribution in [1.29, 1.82) is 0 Å². The second-order valence-electron chi connectivity index (χ2n) is 4.98. The van der Waals surface area contributed by atoms with Gasteiger partial charge in [-0.3, -0.25) is 14.6 Å². The minimum atomic E-state index is -0.102. The SMILES string of the molecule is CCN(CC)C(=O)c1cc(NCC(=O)NC(C)C)ccn1. The summed E-state index contributed by atoms with van der Waals surface area (Å²) in [5.41, 5.74) is 1.09. The van der Waals surface area contributed by atoms with E-state index in [0.29, 0.717) is 24.5 Å². The lowest BCUT2D eigenvalue weighted by atomic mass is 10.2. The highest BCUT2D eigenvalue weighted by Gasteiger charge is 2.14. The summed E-state index contributed by atoms with van der Waals surface area (Å²) in [6, 6.07) is 3.52. The fourth-order valence-electron chi connectivity index (χ4n) is 1.89. The van der Waals surface area contributed by atoms with Crippen molar-refractivity contribution in [3.63, 3.8) is 0 Å². The van der Waals surface area contributed by atoms with Gasteiger partial charge in [0.05, 0.1) is 6.54 Å². The van der Waals surface area contributed by atoms with Crippen LogP contribution in [0.2, 0.25) is 0 Å². The number of nitrogens with zero attached hydrogens (tertiary/aromatic N) is 2. The Balaban J connectivity index is 2.68. The van der Waals surface area contributed by atoms with Crippen LogP contribution in [0.5, 0.6) is 0 Å². The standard InChI is InChI=1S/C15H24N4O2/c1-5-19(6-2)15(21)13-9-12(7-8-16-13)17-10-14(20)18-11(3)4/h7-9,11H,5-6,10H2,1-4H3,(H,16,17)(H,18,20). The van der Waals surface area contributed by atoms with Crippen molar-refractivity contribution < 1.29 is 9.59 Å². The minimum absolute atomic E-state index is 0.0848. The van der Waals surface area contributed by atoms with Crippen LogP contribution >= 0.6 is 0 Å². The summed E-state index contributed by atoms with van der Waals surface area (Å²) in [6.07, 6.45) is 1.57. The molecule has 1 aromatic heterocycles. The molecule has 0 aliphatic carbocycles. The van der Waals surface area contributed by atoms with Crippen LogP contribution in [-0.4, -0.2) is 47.4 Å².